The molecule has 0 radical (unpaired) electrons. The van der Waals surface area contributed by atoms with Crippen molar-refractivity contribution in [1.29, 1.82) is 0 Å². The number of ether oxygens (including phenoxy) is 1. The first kappa shape index (κ1) is 15.0. The molecule has 0 aliphatic carbocycles. The van der Waals surface area contributed by atoms with Gasteiger partial charge in [0.1, 0.15) is 5.52 Å². The molecule has 0 N–H and O–H groups in total. The zero-order chi connectivity index (χ0) is 15.8. The van der Waals surface area contributed by atoms with Crippen LogP contribution >= 0.6 is 11.6 Å². The summed E-state index contributed by atoms with van der Waals surface area (Å²) in [5.74, 6) is 1.33. The summed E-state index contributed by atoms with van der Waals surface area (Å²) in [5.41, 5.74) is 1.57. The molecule has 1 aromatic carbocycles. The molecule has 23 heavy (non-hydrogen) atoms. The fourth-order valence-electron chi connectivity index (χ4n) is 3.43. The van der Waals surface area contributed by atoms with Crippen LogP contribution in [0, 0.1) is 5.92 Å². The van der Waals surface area contributed by atoms with Crippen LogP contribution in [0.3, 0.4) is 0 Å². The normalized spacial score (nSPS) is 22.8. The number of hydrogen-bond acceptors (Lipinski definition) is 4. The second-order valence-electron chi connectivity index (χ2n) is 6.32. The maximum absolute atomic E-state index is 12.4. The molecule has 5 nitrogen and oxygen atoms in total. The Morgan fingerprint density at radius 3 is 2.83 bits per heavy atom. The minimum absolute atomic E-state index is 0.0537. The van der Waals surface area contributed by atoms with Gasteiger partial charge in [-0.2, -0.15) is 0 Å². The average Bonchev–Trinajstić information content (AvgIpc) is 3.23. The van der Waals surface area contributed by atoms with Gasteiger partial charge < -0.3 is 14.1 Å². The number of hydrogen-bond donors (Lipinski definition) is 0. The Hall–Kier alpha value is -1.59. The number of likely N-dealkylation sites (tertiary alicyclic amines) is 1. The molecule has 4 rings (SSSR count). The van der Waals surface area contributed by atoms with Crippen LogP contribution in [0.2, 0.25) is 5.02 Å². The summed E-state index contributed by atoms with van der Waals surface area (Å²) in [7, 11) is 0. The fraction of sp³-hybridized carbons (Fsp3) is 0.529. The van der Waals surface area contributed by atoms with Gasteiger partial charge in [-0.25, -0.2) is 4.98 Å². The summed E-state index contributed by atoms with van der Waals surface area (Å²) in [4.78, 5) is 19.0. The number of benzene rings is 1. The van der Waals surface area contributed by atoms with Crippen molar-refractivity contribution >= 4 is 28.6 Å². The summed E-state index contributed by atoms with van der Waals surface area (Å²) in [6.07, 6.45) is 2.63. The number of piperidine rings is 1. The van der Waals surface area contributed by atoms with E-state index in [-0.39, 0.29) is 17.7 Å². The number of amides is 1. The van der Waals surface area contributed by atoms with Crippen LogP contribution < -0.4 is 0 Å². The van der Waals surface area contributed by atoms with Crippen molar-refractivity contribution in [1.82, 2.24) is 9.88 Å². The molecule has 2 aliphatic heterocycles. The Labute approximate surface area is 139 Å². The first-order valence-electron chi connectivity index (χ1n) is 8.13. The molecule has 6 heteroatoms. The van der Waals surface area contributed by atoms with Crippen molar-refractivity contribution in [2.24, 2.45) is 5.92 Å². The molecule has 3 heterocycles. The number of carbonyl (C=O) groups is 1. The fourth-order valence-corrected chi connectivity index (χ4v) is 3.59. The van der Waals surface area contributed by atoms with Gasteiger partial charge in [0, 0.05) is 30.6 Å². The highest BCUT2D eigenvalue weighted by Gasteiger charge is 2.32. The van der Waals surface area contributed by atoms with Gasteiger partial charge in [0.05, 0.1) is 12.5 Å². The molecule has 2 fully saturated rings. The molecule has 2 aliphatic rings. The third kappa shape index (κ3) is 2.95. The number of fused-ring (bicyclic) bond motifs is 1. The average molecular weight is 335 g/mol. The lowest BCUT2D eigenvalue weighted by Gasteiger charge is -2.32. The molecule has 1 aromatic heterocycles. The monoisotopic (exact) mass is 334 g/mol. The summed E-state index contributed by atoms with van der Waals surface area (Å²) in [6, 6.07) is 5.49. The van der Waals surface area contributed by atoms with Gasteiger partial charge >= 0.3 is 0 Å². The number of rotatable bonds is 2. The molecule has 1 unspecified atom stereocenters. The molecular formula is C17H19ClN2O3. The Balaban J connectivity index is 1.43. The van der Waals surface area contributed by atoms with E-state index in [2.05, 4.69) is 4.98 Å². The van der Waals surface area contributed by atoms with Crippen LogP contribution in [0.1, 0.15) is 31.1 Å². The van der Waals surface area contributed by atoms with Crippen LogP contribution in [-0.2, 0) is 9.53 Å². The molecular weight excluding hydrogens is 316 g/mol. The quantitative estimate of drug-likeness (QED) is 0.846. The van der Waals surface area contributed by atoms with E-state index in [0.717, 1.165) is 49.3 Å². The van der Waals surface area contributed by atoms with Gasteiger partial charge in [-0.1, -0.05) is 11.6 Å². The summed E-state index contributed by atoms with van der Waals surface area (Å²) >= 11 is 5.99. The van der Waals surface area contributed by atoms with Crippen molar-refractivity contribution in [2.45, 2.75) is 25.2 Å². The number of nitrogens with zero attached hydrogens (tertiary/aromatic N) is 2. The summed E-state index contributed by atoms with van der Waals surface area (Å²) in [5, 5.41) is 0.663. The Bertz CT molecular complexity index is 716. The number of aromatic nitrogens is 1. The predicted molar refractivity (Wildman–Crippen MR) is 86.5 cm³/mol. The van der Waals surface area contributed by atoms with Gasteiger partial charge in [-0.3, -0.25) is 4.79 Å². The van der Waals surface area contributed by atoms with Crippen LogP contribution in [0.15, 0.2) is 22.6 Å². The zero-order valence-electron chi connectivity index (χ0n) is 12.8. The number of oxazole rings is 1. The van der Waals surface area contributed by atoms with Crippen molar-refractivity contribution in [3.63, 3.8) is 0 Å². The highest BCUT2D eigenvalue weighted by atomic mass is 35.5. The van der Waals surface area contributed by atoms with Crippen LogP contribution in [0.25, 0.3) is 11.1 Å². The molecule has 0 saturated carbocycles. The van der Waals surface area contributed by atoms with E-state index in [0.29, 0.717) is 18.2 Å². The molecule has 1 atom stereocenters. The van der Waals surface area contributed by atoms with Gasteiger partial charge in [0.15, 0.2) is 11.5 Å². The lowest BCUT2D eigenvalue weighted by atomic mass is 9.95. The molecule has 122 valence electrons. The number of halogens is 1. The Morgan fingerprint density at radius 2 is 2.09 bits per heavy atom. The Morgan fingerprint density at radius 1 is 1.26 bits per heavy atom. The molecule has 0 spiro atoms. The highest BCUT2D eigenvalue weighted by molar-refractivity contribution is 6.31. The van der Waals surface area contributed by atoms with E-state index in [9.17, 15) is 4.79 Å². The third-order valence-electron chi connectivity index (χ3n) is 4.80. The first-order chi connectivity index (χ1) is 11.2. The van der Waals surface area contributed by atoms with Crippen molar-refractivity contribution in [2.75, 3.05) is 26.3 Å². The van der Waals surface area contributed by atoms with Crippen LogP contribution in [-0.4, -0.2) is 42.1 Å². The van der Waals surface area contributed by atoms with Crippen molar-refractivity contribution in [3.05, 3.63) is 29.1 Å². The topological polar surface area (TPSA) is 55.6 Å². The molecule has 1 amide bonds. The van der Waals surface area contributed by atoms with Crippen LogP contribution in [0.4, 0.5) is 0 Å². The highest BCUT2D eigenvalue weighted by Crippen LogP contribution is 2.31. The number of carbonyl (C=O) groups excluding carboxylic acids is 1. The van der Waals surface area contributed by atoms with Gasteiger partial charge in [0.25, 0.3) is 0 Å². The zero-order valence-corrected chi connectivity index (χ0v) is 13.6. The SMILES string of the molecule is O=C(C1CCOC1)N1CCC(c2nc3cc(Cl)ccc3o2)CC1. The maximum atomic E-state index is 12.4. The van der Waals surface area contributed by atoms with E-state index in [1.807, 2.05) is 23.1 Å². The van der Waals surface area contributed by atoms with E-state index in [1.54, 1.807) is 0 Å². The lowest BCUT2D eigenvalue weighted by Crippen LogP contribution is -2.41. The minimum Gasteiger partial charge on any atom is -0.440 e. The van der Waals surface area contributed by atoms with E-state index in [4.69, 9.17) is 20.8 Å². The van der Waals surface area contributed by atoms with Gasteiger partial charge in [0.2, 0.25) is 5.91 Å². The largest absolute Gasteiger partial charge is 0.440 e. The molecule has 2 aromatic rings. The molecule has 2 saturated heterocycles. The Kier molecular flexibility index (Phi) is 3.99. The van der Waals surface area contributed by atoms with Crippen molar-refractivity contribution in [3.8, 4) is 0 Å². The summed E-state index contributed by atoms with van der Waals surface area (Å²) in [6.45, 7) is 2.81. The summed E-state index contributed by atoms with van der Waals surface area (Å²) < 4.78 is 11.2. The predicted octanol–water partition coefficient (Wildman–Crippen LogP) is 3.22. The van der Waals surface area contributed by atoms with Crippen molar-refractivity contribution < 1.29 is 13.9 Å². The first-order valence-corrected chi connectivity index (χ1v) is 8.51. The van der Waals surface area contributed by atoms with E-state index >= 15 is 0 Å². The maximum Gasteiger partial charge on any atom is 0.228 e. The van der Waals surface area contributed by atoms with Gasteiger partial charge in [-0.05, 0) is 37.5 Å². The lowest BCUT2D eigenvalue weighted by molar-refractivity contribution is -0.136. The standard InChI is InChI=1S/C17H19ClN2O3/c18-13-1-2-15-14(9-13)19-16(23-15)11-3-6-20(7-4-11)17(21)12-5-8-22-10-12/h1-2,9,11-12H,3-8,10H2. The second kappa shape index (κ2) is 6.13. The minimum atomic E-state index is 0.0537. The van der Waals surface area contributed by atoms with E-state index < -0.39 is 0 Å². The smallest absolute Gasteiger partial charge is 0.228 e. The van der Waals surface area contributed by atoms with Crippen LogP contribution in [0.5, 0.6) is 0 Å². The second-order valence-corrected chi connectivity index (χ2v) is 6.76. The van der Waals surface area contributed by atoms with E-state index in [1.165, 1.54) is 0 Å². The molecule has 0 bridgehead atoms. The third-order valence-corrected chi connectivity index (χ3v) is 5.04. The van der Waals surface area contributed by atoms with Gasteiger partial charge in [-0.15, -0.1) is 0 Å².